The normalized spacial score (nSPS) is 31.6. The Hall–Kier alpha value is -1.20. The van der Waals surface area contributed by atoms with E-state index in [4.69, 9.17) is 4.74 Å². The molecule has 1 aromatic rings. The van der Waals surface area contributed by atoms with Gasteiger partial charge in [-0.15, -0.1) is 11.8 Å². The van der Waals surface area contributed by atoms with Crippen molar-refractivity contribution in [2.75, 3.05) is 26.0 Å². The van der Waals surface area contributed by atoms with Crippen molar-refractivity contribution in [3.05, 3.63) is 23.8 Å². The third-order valence-electron chi connectivity index (χ3n) is 4.86. The van der Waals surface area contributed by atoms with E-state index in [1.54, 1.807) is 7.11 Å². The van der Waals surface area contributed by atoms with Crippen LogP contribution in [0.3, 0.4) is 0 Å². The Balaban J connectivity index is 1.91. The number of methoxy groups -OCH3 is 1. The molecule has 106 valence electrons. The first-order valence-electron chi connectivity index (χ1n) is 7.11. The molecule has 3 aliphatic heterocycles. The number of amides is 1. The lowest BCUT2D eigenvalue weighted by molar-refractivity contribution is -0.131. The molecule has 1 spiro atoms. The second-order valence-corrected chi connectivity index (χ2v) is 6.78. The summed E-state index contributed by atoms with van der Waals surface area (Å²) in [4.78, 5) is 15.8. The fourth-order valence-electron chi connectivity index (χ4n) is 4.00. The molecule has 0 aromatic heterocycles. The molecule has 0 radical (unpaired) electrons. The first-order valence-corrected chi connectivity index (χ1v) is 8.09. The Morgan fingerprint density at radius 2 is 2.40 bits per heavy atom. The maximum Gasteiger partial charge on any atom is 0.225 e. The van der Waals surface area contributed by atoms with Crippen molar-refractivity contribution < 1.29 is 9.53 Å². The fourth-order valence-corrected chi connectivity index (χ4v) is 5.09. The quantitative estimate of drug-likeness (QED) is 0.853. The first kappa shape index (κ1) is 12.5. The summed E-state index contributed by atoms with van der Waals surface area (Å²) < 4.78 is 5.35. The Bertz CT molecular complexity index is 577. The van der Waals surface area contributed by atoms with Gasteiger partial charge in [-0.3, -0.25) is 4.79 Å². The Labute approximate surface area is 122 Å². The average molecular weight is 290 g/mol. The molecule has 20 heavy (non-hydrogen) atoms. The minimum absolute atomic E-state index is 0.123. The molecule has 0 aliphatic carbocycles. The largest absolute Gasteiger partial charge is 0.497 e. The van der Waals surface area contributed by atoms with E-state index in [2.05, 4.69) is 22.3 Å². The zero-order chi connectivity index (χ0) is 13.7. The molecule has 0 bridgehead atoms. The maximum absolute atomic E-state index is 12.4. The van der Waals surface area contributed by atoms with Gasteiger partial charge in [-0.2, -0.15) is 0 Å². The standard InChI is InChI=1S/C15H18N2O2S/c1-19-10-2-3-11-12(8-10)20-7-6-17-14(18)9-13-15(11,17)4-5-16-13/h2-3,8,13,16H,4-7,9H2,1H3. The molecule has 5 heteroatoms. The number of carbonyl (C=O) groups is 1. The van der Waals surface area contributed by atoms with Crippen LogP contribution >= 0.6 is 11.8 Å². The van der Waals surface area contributed by atoms with E-state index in [9.17, 15) is 4.79 Å². The van der Waals surface area contributed by atoms with Gasteiger partial charge in [-0.25, -0.2) is 0 Å². The van der Waals surface area contributed by atoms with Gasteiger partial charge in [0, 0.05) is 29.7 Å². The number of benzene rings is 1. The van der Waals surface area contributed by atoms with Gasteiger partial charge in [0.2, 0.25) is 5.91 Å². The van der Waals surface area contributed by atoms with Crippen molar-refractivity contribution in [1.82, 2.24) is 10.2 Å². The number of hydrogen-bond donors (Lipinski definition) is 1. The van der Waals surface area contributed by atoms with E-state index in [-0.39, 0.29) is 11.6 Å². The van der Waals surface area contributed by atoms with Crippen LogP contribution in [0.15, 0.2) is 23.1 Å². The van der Waals surface area contributed by atoms with E-state index < -0.39 is 0 Å². The molecule has 2 saturated heterocycles. The van der Waals surface area contributed by atoms with E-state index in [0.29, 0.717) is 12.3 Å². The number of hydrogen-bond acceptors (Lipinski definition) is 4. The third kappa shape index (κ3) is 1.50. The Morgan fingerprint density at radius 1 is 1.50 bits per heavy atom. The average Bonchev–Trinajstić information content (AvgIpc) is 2.90. The van der Waals surface area contributed by atoms with E-state index >= 15 is 0 Å². The van der Waals surface area contributed by atoms with Crippen LogP contribution in [0.4, 0.5) is 0 Å². The molecule has 4 nitrogen and oxygen atoms in total. The lowest BCUT2D eigenvalue weighted by Gasteiger charge is -2.37. The molecule has 4 rings (SSSR count). The predicted octanol–water partition coefficient (Wildman–Crippen LogP) is 1.59. The monoisotopic (exact) mass is 290 g/mol. The fraction of sp³-hybridized carbons (Fsp3) is 0.533. The van der Waals surface area contributed by atoms with Gasteiger partial charge in [0.1, 0.15) is 5.75 Å². The highest BCUT2D eigenvalue weighted by Crippen LogP contribution is 2.50. The van der Waals surface area contributed by atoms with Crippen LogP contribution in [0.1, 0.15) is 18.4 Å². The van der Waals surface area contributed by atoms with Crippen LogP contribution in [-0.2, 0) is 10.3 Å². The number of carbonyl (C=O) groups excluding carboxylic acids is 1. The summed E-state index contributed by atoms with van der Waals surface area (Å²) in [6, 6.07) is 6.57. The van der Waals surface area contributed by atoms with Crippen LogP contribution in [-0.4, -0.2) is 42.8 Å². The second kappa shape index (κ2) is 4.40. The molecule has 1 aromatic carbocycles. The zero-order valence-electron chi connectivity index (χ0n) is 11.5. The number of fused-ring (bicyclic) bond motifs is 1. The van der Waals surface area contributed by atoms with Crippen LogP contribution in [0.25, 0.3) is 0 Å². The minimum atomic E-state index is -0.123. The van der Waals surface area contributed by atoms with Gasteiger partial charge in [0.15, 0.2) is 0 Å². The van der Waals surface area contributed by atoms with Crippen molar-refractivity contribution in [2.24, 2.45) is 0 Å². The first-order chi connectivity index (χ1) is 9.75. The van der Waals surface area contributed by atoms with Crippen LogP contribution in [0.5, 0.6) is 5.75 Å². The molecule has 0 saturated carbocycles. The molecular formula is C15H18N2O2S. The summed E-state index contributed by atoms with van der Waals surface area (Å²) in [5, 5.41) is 3.53. The summed E-state index contributed by atoms with van der Waals surface area (Å²) in [6.07, 6.45) is 1.65. The predicted molar refractivity (Wildman–Crippen MR) is 78.1 cm³/mol. The molecule has 1 N–H and O–H groups in total. The summed E-state index contributed by atoms with van der Waals surface area (Å²) >= 11 is 1.84. The smallest absolute Gasteiger partial charge is 0.225 e. The lowest BCUT2D eigenvalue weighted by Crippen LogP contribution is -2.47. The van der Waals surface area contributed by atoms with Crippen LogP contribution in [0.2, 0.25) is 0 Å². The summed E-state index contributed by atoms with van der Waals surface area (Å²) in [5.74, 6) is 2.15. The van der Waals surface area contributed by atoms with Crippen molar-refractivity contribution in [3.8, 4) is 5.75 Å². The molecular weight excluding hydrogens is 272 g/mol. The topological polar surface area (TPSA) is 41.6 Å². The van der Waals surface area contributed by atoms with Gasteiger partial charge < -0.3 is 15.0 Å². The molecule has 1 amide bonds. The SMILES string of the molecule is COc1ccc2c(c1)SCCN1C(=O)CC3NCCC231. The van der Waals surface area contributed by atoms with Gasteiger partial charge >= 0.3 is 0 Å². The number of ether oxygens (including phenoxy) is 1. The van der Waals surface area contributed by atoms with Crippen molar-refractivity contribution >= 4 is 17.7 Å². The van der Waals surface area contributed by atoms with Crippen molar-refractivity contribution in [2.45, 2.75) is 29.3 Å². The van der Waals surface area contributed by atoms with Crippen LogP contribution < -0.4 is 10.1 Å². The number of nitrogens with zero attached hydrogens (tertiary/aromatic N) is 1. The Kier molecular flexibility index (Phi) is 2.76. The van der Waals surface area contributed by atoms with Gasteiger partial charge in [-0.1, -0.05) is 6.07 Å². The van der Waals surface area contributed by atoms with Gasteiger partial charge in [-0.05, 0) is 30.7 Å². The number of rotatable bonds is 1. The highest BCUT2D eigenvalue weighted by atomic mass is 32.2. The van der Waals surface area contributed by atoms with E-state index in [1.165, 1.54) is 10.5 Å². The van der Waals surface area contributed by atoms with E-state index in [0.717, 1.165) is 31.0 Å². The Morgan fingerprint density at radius 3 is 3.25 bits per heavy atom. The molecule has 2 atom stereocenters. The highest BCUT2D eigenvalue weighted by Gasteiger charge is 2.57. The van der Waals surface area contributed by atoms with Crippen molar-refractivity contribution in [3.63, 3.8) is 0 Å². The molecule has 3 aliphatic rings. The number of nitrogens with one attached hydrogen (secondary N) is 1. The van der Waals surface area contributed by atoms with Gasteiger partial charge in [0.25, 0.3) is 0 Å². The highest BCUT2D eigenvalue weighted by molar-refractivity contribution is 7.99. The third-order valence-corrected chi connectivity index (χ3v) is 5.90. The zero-order valence-corrected chi connectivity index (χ0v) is 12.3. The van der Waals surface area contributed by atoms with Crippen LogP contribution in [0, 0.1) is 0 Å². The maximum atomic E-state index is 12.4. The molecule has 2 fully saturated rings. The second-order valence-electron chi connectivity index (χ2n) is 5.64. The van der Waals surface area contributed by atoms with Crippen molar-refractivity contribution in [1.29, 1.82) is 0 Å². The van der Waals surface area contributed by atoms with E-state index in [1.807, 2.05) is 17.8 Å². The van der Waals surface area contributed by atoms with Gasteiger partial charge in [0.05, 0.1) is 12.6 Å². The molecule has 3 heterocycles. The summed E-state index contributed by atoms with van der Waals surface area (Å²) in [5.41, 5.74) is 1.18. The molecule has 2 unspecified atom stereocenters. The summed E-state index contributed by atoms with van der Waals surface area (Å²) in [7, 11) is 1.70. The summed E-state index contributed by atoms with van der Waals surface area (Å²) in [6.45, 7) is 1.84. The lowest BCUT2D eigenvalue weighted by atomic mass is 9.83. The minimum Gasteiger partial charge on any atom is -0.497 e. The number of thioether (sulfide) groups is 1.